The lowest BCUT2D eigenvalue weighted by Crippen LogP contribution is -2.05. The molecular weight excluding hydrogens is 262 g/mol. The summed E-state index contributed by atoms with van der Waals surface area (Å²) in [6, 6.07) is 5.20. The average Bonchev–Trinajstić information content (AvgIpc) is 2.39. The Morgan fingerprint density at radius 2 is 2.16 bits per heavy atom. The van der Waals surface area contributed by atoms with Crippen LogP contribution in [-0.2, 0) is 9.53 Å². The molecule has 0 amide bonds. The van der Waals surface area contributed by atoms with Gasteiger partial charge >= 0.3 is 5.97 Å². The molecule has 5 heteroatoms. The van der Waals surface area contributed by atoms with E-state index in [0.29, 0.717) is 11.3 Å². The molecule has 0 unspecified atom stereocenters. The van der Waals surface area contributed by atoms with E-state index in [1.54, 1.807) is 19.1 Å². The van der Waals surface area contributed by atoms with Gasteiger partial charge in [-0.25, -0.2) is 4.79 Å². The third kappa shape index (κ3) is 5.18. The first kappa shape index (κ1) is 15.3. The molecule has 0 heterocycles. The van der Waals surface area contributed by atoms with Crippen LogP contribution in [0.15, 0.2) is 24.3 Å². The van der Waals surface area contributed by atoms with Crippen LogP contribution in [0, 0.1) is 0 Å². The summed E-state index contributed by atoms with van der Waals surface area (Å²) < 4.78 is 4.66. The maximum atomic E-state index is 11.5. The van der Waals surface area contributed by atoms with E-state index in [1.807, 2.05) is 18.2 Å². The van der Waals surface area contributed by atoms with Crippen molar-refractivity contribution in [1.29, 1.82) is 0 Å². The maximum absolute atomic E-state index is 11.5. The van der Waals surface area contributed by atoms with E-state index >= 15 is 0 Å². The predicted molar refractivity (Wildman–Crippen MR) is 79.0 cm³/mol. The summed E-state index contributed by atoms with van der Waals surface area (Å²) in [6.07, 6.45) is 4.65. The van der Waals surface area contributed by atoms with Gasteiger partial charge < -0.3 is 10.5 Å². The number of thioether (sulfide) groups is 1. The number of benzene rings is 1. The zero-order chi connectivity index (χ0) is 14.3. The normalized spacial score (nSPS) is 10.6. The van der Waals surface area contributed by atoms with Crippen molar-refractivity contribution in [2.45, 2.75) is 13.3 Å². The van der Waals surface area contributed by atoms with Crippen LogP contribution < -0.4 is 5.73 Å². The predicted octanol–water partition coefficient (Wildman–Crippen LogP) is 2.74. The Morgan fingerprint density at radius 3 is 2.79 bits per heavy atom. The van der Waals surface area contributed by atoms with Crippen molar-refractivity contribution in [2.75, 3.05) is 18.6 Å². The summed E-state index contributed by atoms with van der Waals surface area (Å²) in [5.41, 5.74) is 7.35. The molecule has 0 atom stereocenters. The molecule has 0 fully saturated rings. The van der Waals surface area contributed by atoms with Crippen molar-refractivity contribution < 1.29 is 14.3 Å². The second kappa shape index (κ2) is 7.63. The van der Waals surface area contributed by atoms with Gasteiger partial charge in [-0.2, -0.15) is 0 Å². The first-order valence-corrected chi connectivity index (χ1v) is 6.81. The summed E-state index contributed by atoms with van der Waals surface area (Å²) in [7, 11) is 1.32. The van der Waals surface area contributed by atoms with Gasteiger partial charge in [-0.15, -0.1) is 0 Å². The van der Waals surface area contributed by atoms with Crippen molar-refractivity contribution >= 4 is 34.6 Å². The third-order valence-electron chi connectivity index (χ3n) is 2.38. The quantitative estimate of drug-likeness (QED) is 0.510. The number of esters is 1. The summed E-state index contributed by atoms with van der Waals surface area (Å²) in [5, 5.41) is 0.119. The van der Waals surface area contributed by atoms with Crippen LogP contribution in [0.3, 0.4) is 0 Å². The van der Waals surface area contributed by atoms with Gasteiger partial charge in [0.15, 0.2) is 5.12 Å². The van der Waals surface area contributed by atoms with Crippen LogP contribution in [0.2, 0.25) is 0 Å². The summed E-state index contributed by atoms with van der Waals surface area (Å²) in [5.74, 6) is 0.310. The van der Waals surface area contributed by atoms with E-state index in [9.17, 15) is 9.59 Å². The molecule has 0 radical (unpaired) electrons. The fourth-order valence-electron chi connectivity index (χ4n) is 1.45. The molecular formula is C14H17NO3S. The van der Waals surface area contributed by atoms with Crippen LogP contribution in [0.25, 0.3) is 6.08 Å². The molecule has 102 valence electrons. The summed E-state index contributed by atoms with van der Waals surface area (Å²) in [4.78, 5) is 22.2. The lowest BCUT2D eigenvalue weighted by Gasteiger charge is -2.04. The average molecular weight is 279 g/mol. The Balaban J connectivity index is 2.66. The zero-order valence-corrected chi connectivity index (χ0v) is 11.8. The van der Waals surface area contributed by atoms with Crippen LogP contribution >= 0.6 is 11.8 Å². The highest BCUT2D eigenvalue weighted by atomic mass is 32.2. The molecule has 0 spiro atoms. The molecule has 4 nitrogen and oxygen atoms in total. The molecule has 0 aliphatic rings. The molecule has 1 rings (SSSR count). The second-order valence-electron chi connectivity index (χ2n) is 3.87. The highest BCUT2D eigenvalue weighted by Gasteiger charge is 2.09. The zero-order valence-electron chi connectivity index (χ0n) is 11.0. The number of carbonyl (C=O) groups excluding carboxylic acids is 2. The Labute approximate surface area is 117 Å². The standard InChI is InChI=1S/C14H17NO3S/c1-10(16)19-8-4-3-5-11-6-7-13(15)12(9-11)14(17)18-2/h3,5-7,9H,4,8,15H2,1-2H3. The number of anilines is 1. The number of hydrogen-bond donors (Lipinski definition) is 1. The van der Waals surface area contributed by atoms with E-state index in [-0.39, 0.29) is 5.12 Å². The van der Waals surface area contributed by atoms with Crippen molar-refractivity contribution in [1.82, 2.24) is 0 Å². The summed E-state index contributed by atoms with van der Waals surface area (Å²) >= 11 is 1.30. The first-order valence-electron chi connectivity index (χ1n) is 5.82. The smallest absolute Gasteiger partial charge is 0.339 e. The molecule has 0 bridgehead atoms. The number of hydrogen-bond acceptors (Lipinski definition) is 5. The minimum Gasteiger partial charge on any atom is -0.465 e. The van der Waals surface area contributed by atoms with E-state index in [2.05, 4.69) is 4.74 Å². The van der Waals surface area contributed by atoms with Gasteiger partial charge in [0.05, 0.1) is 12.7 Å². The fourth-order valence-corrected chi connectivity index (χ4v) is 2.00. The molecule has 0 aliphatic carbocycles. The van der Waals surface area contributed by atoms with Gasteiger partial charge in [-0.05, 0) is 24.1 Å². The fraction of sp³-hybridized carbons (Fsp3) is 0.286. The number of ether oxygens (including phenoxy) is 1. The molecule has 0 saturated carbocycles. The van der Waals surface area contributed by atoms with Crippen molar-refractivity contribution in [3.63, 3.8) is 0 Å². The molecule has 1 aromatic rings. The third-order valence-corrected chi connectivity index (χ3v) is 3.23. The Hall–Kier alpha value is -1.75. The first-order chi connectivity index (χ1) is 9.04. The van der Waals surface area contributed by atoms with Crippen LogP contribution in [-0.4, -0.2) is 23.9 Å². The minimum absolute atomic E-state index is 0.119. The SMILES string of the molecule is COC(=O)c1cc(C=CCCSC(C)=O)ccc1N. The molecule has 19 heavy (non-hydrogen) atoms. The van der Waals surface area contributed by atoms with E-state index < -0.39 is 5.97 Å². The van der Waals surface area contributed by atoms with Gasteiger partial charge in [0.2, 0.25) is 0 Å². The van der Waals surface area contributed by atoms with E-state index in [0.717, 1.165) is 17.7 Å². The highest BCUT2D eigenvalue weighted by molar-refractivity contribution is 8.13. The van der Waals surface area contributed by atoms with Gasteiger partial charge in [-0.1, -0.05) is 30.0 Å². The monoisotopic (exact) mass is 279 g/mol. The molecule has 1 aromatic carbocycles. The van der Waals surface area contributed by atoms with Gasteiger partial charge in [-0.3, -0.25) is 4.79 Å². The number of nitrogens with two attached hydrogens (primary N) is 1. The largest absolute Gasteiger partial charge is 0.465 e. The number of carbonyl (C=O) groups is 2. The lowest BCUT2D eigenvalue weighted by molar-refractivity contribution is -0.109. The van der Waals surface area contributed by atoms with Crippen molar-refractivity contribution in [3.05, 3.63) is 35.4 Å². The number of methoxy groups -OCH3 is 1. The molecule has 0 aliphatic heterocycles. The molecule has 2 N–H and O–H groups in total. The topological polar surface area (TPSA) is 69.4 Å². The molecule has 0 aromatic heterocycles. The van der Waals surface area contributed by atoms with E-state index in [1.165, 1.54) is 18.9 Å². The minimum atomic E-state index is -0.445. The van der Waals surface area contributed by atoms with Gasteiger partial charge in [0.25, 0.3) is 0 Å². The maximum Gasteiger partial charge on any atom is 0.339 e. The van der Waals surface area contributed by atoms with Gasteiger partial charge in [0.1, 0.15) is 0 Å². The van der Waals surface area contributed by atoms with Crippen molar-refractivity contribution in [3.8, 4) is 0 Å². The van der Waals surface area contributed by atoms with Crippen LogP contribution in [0.5, 0.6) is 0 Å². The number of allylic oxidation sites excluding steroid dienone is 1. The van der Waals surface area contributed by atoms with E-state index in [4.69, 9.17) is 5.73 Å². The number of nitrogen functional groups attached to an aromatic ring is 1. The van der Waals surface area contributed by atoms with Crippen LogP contribution in [0.1, 0.15) is 29.3 Å². The Kier molecular flexibility index (Phi) is 6.15. The Bertz CT molecular complexity index is 497. The Morgan fingerprint density at radius 1 is 1.42 bits per heavy atom. The summed E-state index contributed by atoms with van der Waals surface area (Å²) in [6.45, 7) is 1.55. The highest BCUT2D eigenvalue weighted by Crippen LogP contribution is 2.16. The lowest BCUT2D eigenvalue weighted by atomic mass is 10.1. The van der Waals surface area contributed by atoms with Crippen LogP contribution in [0.4, 0.5) is 5.69 Å². The van der Waals surface area contributed by atoms with Gasteiger partial charge in [0, 0.05) is 18.4 Å². The van der Waals surface area contributed by atoms with Crippen molar-refractivity contribution in [2.24, 2.45) is 0 Å². The molecule has 0 saturated heterocycles. The second-order valence-corrected chi connectivity index (χ2v) is 5.14. The number of rotatable bonds is 5.